The zero-order valence-electron chi connectivity index (χ0n) is 12.1. The summed E-state index contributed by atoms with van der Waals surface area (Å²) in [6, 6.07) is 4.33. The minimum Gasteiger partial charge on any atom is -0.497 e. The van der Waals surface area contributed by atoms with Crippen LogP contribution in [0.15, 0.2) is 18.2 Å². The molecule has 0 aromatic heterocycles. The smallest absolute Gasteiger partial charge is 0.147 e. The molecule has 0 heterocycles. The maximum absolute atomic E-state index is 14.1. The first-order chi connectivity index (χ1) is 9.37. The third-order valence-corrected chi connectivity index (χ3v) is 3.98. The average molecular weight is 303 g/mol. The van der Waals surface area contributed by atoms with Crippen molar-refractivity contribution >= 4 is 9.84 Å². The summed E-state index contributed by atoms with van der Waals surface area (Å²) in [5.41, 5.74) is 0.475. The molecule has 1 rings (SSSR count). The Morgan fingerprint density at radius 3 is 2.60 bits per heavy atom. The number of rotatable bonds is 8. The third-order valence-electron chi connectivity index (χ3n) is 3.00. The molecule has 6 heteroatoms. The number of nitrogens with one attached hydrogen (secondary N) is 1. The van der Waals surface area contributed by atoms with Gasteiger partial charge in [-0.1, -0.05) is 13.0 Å². The highest BCUT2D eigenvalue weighted by Crippen LogP contribution is 2.24. The van der Waals surface area contributed by atoms with Gasteiger partial charge in [-0.25, -0.2) is 12.8 Å². The predicted octanol–water partition coefficient (Wildman–Crippen LogP) is 2.31. The fraction of sp³-hybridized carbons (Fsp3) is 0.571. The van der Waals surface area contributed by atoms with Gasteiger partial charge in [-0.3, -0.25) is 0 Å². The van der Waals surface area contributed by atoms with Crippen molar-refractivity contribution in [1.29, 1.82) is 0 Å². The maximum atomic E-state index is 14.1. The average Bonchev–Trinajstić information content (AvgIpc) is 2.38. The molecule has 114 valence electrons. The number of methoxy groups -OCH3 is 1. The molecule has 0 radical (unpaired) electrons. The van der Waals surface area contributed by atoms with Gasteiger partial charge in [-0.15, -0.1) is 0 Å². The molecule has 0 aliphatic carbocycles. The van der Waals surface area contributed by atoms with Gasteiger partial charge in [0.05, 0.1) is 12.9 Å². The highest BCUT2D eigenvalue weighted by Gasteiger charge is 2.17. The second kappa shape index (κ2) is 7.59. The second-order valence-electron chi connectivity index (χ2n) is 4.81. The lowest BCUT2D eigenvalue weighted by Crippen LogP contribution is -2.25. The van der Waals surface area contributed by atoms with Gasteiger partial charge in [0.2, 0.25) is 0 Å². The SMILES string of the molecule is CCCNC(CCS(C)(=O)=O)c1ccc(OC)cc1F. The predicted molar refractivity (Wildman–Crippen MR) is 78.3 cm³/mol. The van der Waals surface area contributed by atoms with E-state index < -0.39 is 9.84 Å². The normalized spacial score (nSPS) is 13.2. The number of hydrogen-bond donors (Lipinski definition) is 1. The van der Waals surface area contributed by atoms with E-state index in [1.165, 1.54) is 19.4 Å². The van der Waals surface area contributed by atoms with Crippen molar-refractivity contribution in [2.75, 3.05) is 25.7 Å². The Morgan fingerprint density at radius 2 is 2.10 bits per heavy atom. The maximum Gasteiger partial charge on any atom is 0.147 e. The Labute approximate surface area is 120 Å². The summed E-state index contributed by atoms with van der Waals surface area (Å²) in [6.07, 6.45) is 2.43. The molecule has 0 saturated carbocycles. The highest BCUT2D eigenvalue weighted by atomic mass is 32.2. The molecular weight excluding hydrogens is 281 g/mol. The Balaban J connectivity index is 2.91. The van der Waals surface area contributed by atoms with E-state index in [9.17, 15) is 12.8 Å². The quantitative estimate of drug-likeness (QED) is 0.800. The monoisotopic (exact) mass is 303 g/mol. The molecule has 0 bridgehead atoms. The van der Waals surface area contributed by atoms with Crippen LogP contribution < -0.4 is 10.1 Å². The molecule has 0 fully saturated rings. The van der Waals surface area contributed by atoms with Crippen molar-refractivity contribution in [2.24, 2.45) is 0 Å². The molecule has 1 unspecified atom stereocenters. The molecule has 1 N–H and O–H groups in total. The summed E-state index contributed by atoms with van der Waals surface area (Å²) in [5.74, 6) is 0.0925. The van der Waals surface area contributed by atoms with Gasteiger partial charge in [0.25, 0.3) is 0 Å². The van der Waals surface area contributed by atoms with E-state index in [1.54, 1.807) is 12.1 Å². The van der Waals surface area contributed by atoms with Crippen molar-refractivity contribution < 1.29 is 17.5 Å². The Kier molecular flexibility index (Phi) is 6.42. The third kappa shape index (κ3) is 5.46. The van der Waals surface area contributed by atoms with Crippen LogP contribution in [-0.2, 0) is 9.84 Å². The minimum atomic E-state index is -3.07. The van der Waals surface area contributed by atoms with Crippen LogP contribution in [0, 0.1) is 5.82 Å². The Morgan fingerprint density at radius 1 is 1.40 bits per heavy atom. The van der Waals surface area contributed by atoms with Crippen molar-refractivity contribution in [2.45, 2.75) is 25.8 Å². The molecule has 0 aliphatic rings. The lowest BCUT2D eigenvalue weighted by atomic mass is 10.0. The summed E-state index contributed by atoms with van der Waals surface area (Å²) < 4.78 is 41.6. The van der Waals surface area contributed by atoms with Crippen molar-refractivity contribution in [3.05, 3.63) is 29.6 Å². The van der Waals surface area contributed by atoms with Crippen molar-refractivity contribution in [3.63, 3.8) is 0 Å². The van der Waals surface area contributed by atoms with Crippen LogP contribution in [0.5, 0.6) is 5.75 Å². The summed E-state index contributed by atoms with van der Waals surface area (Å²) >= 11 is 0. The number of halogens is 1. The second-order valence-corrected chi connectivity index (χ2v) is 7.07. The topological polar surface area (TPSA) is 55.4 Å². The van der Waals surface area contributed by atoms with Gasteiger partial charge in [-0.05, 0) is 25.5 Å². The van der Waals surface area contributed by atoms with Crippen LogP contribution in [0.1, 0.15) is 31.4 Å². The van der Waals surface area contributed by atoms with Crippen LogP contribution in [0.2, 0.25) is 0 Å². The van der Waals surface area contributed by atoms with Crippen molar-refractivity contribution in [3.8, 4) is 5.75 Å². The zero-order chi connectivity index (χ0) is 15.2. The Bertz CT molecular complexity index is 531. The summed E-state index contributed by atoms with van der Waals surface area (Å²) in [4.78, 5) is 0. The molecule has 1 atom stereocenters. The molecule has 1 aromatic carbocycles. The van der Waals surface area contributed by atoms with E-state index in [0.29, 0.717) is 24.3 Å². The molecule has 0 spiro atoms. The van der Waals surface area contributed by atoms with Crippen LogP contribution in [0.4, 0.5) is 4.39 Å². The van der Waals surface area contributed by atoms with Gasteiger partial charge in [0.15, 0.2) is 0 Å². The fourth-order valence-electron chi connectivity index (χ4n) is 1.94. The summed E-state index contributed by atoms with van der Waals surface area (Å²) in [7, 11) is -1.59. The number of sulfone groups is 1. The van der Waals surface area contributed by atoms with E-state index in [2.05, 4.69) is 5.32 Å². The minimum absolute atomic E-state index is 0.0276. The number of ether oxygens (including phenoxy) is 1. The molecule has 4 nitrogen and oxygen atoms in total. The largest absolute Gasteiger partial charge is 0.497 e. The fourth-order valence-corrected chi connectivity index (χ4v) is 2.60. The van der Waals surface area contributed by atoms with E-state index in [4.69, 9.17) is 4.74 Å². The zero-order valence-corrected chi connectivity index (χ0v) is 13.0. The molecular formula is C14H22FNO3S. The lowest BCUT2D eigenvalue weighted by molar-refractivity contribution is 0.408. The molecule has 0 amide bonds. The van der Waals surface area contributed by atoms with E-state index in [-0.39, 0.29) is 17.6 Å². The molecule has 1 aromatic rings. The summed E-state index contributed by atoms with van der Waals surface area (Å²) in [5, 5.41) is 3.19. The first-order valence-electron chi connectivity index (χ1n) is 6.62. The standard InChI is InChI=1S/C14H22FNO3S/c1-4-8-16-14(7-9-20(3,17)18)12-6-5-11(19-2)10-13(12)15/h5-6,10,14,16H,4,7-9H2,1-3H3. The van der Waals surface area contributed by atoms with Crippen LogP contribution in [-0.4, -0.2) is 34.1 Å². The Hall–Kier alpha value is -1.14. The van der Waals surface area contributed by atoms with Gasteiger partial charge in [0, 0.05) is 23.9 Å². The van der Waals surface area contributed by atoms with E-state index in [1.807, 2.05) is 6.92 Å². The van der Waals surface area contributed by atoms with Gasteiger partial charge in [-0.2, -0.15) is 0 Å². The summed E-state index contributed by atoms with van der Waals surface area (Å²) in [6.45, 7) is 2.71. The van der Waals surface area contributed by atoms with Crippen LogP contribution >= 0.6 is 0 Å². The molecule has 0 saturated heterocycles. The molecule has 0 aliphatic heterocycles. The first kappa shape index (κ1) is 16.9. The first-order valence-corrected chi connectivity index (χ1v) is 8.68. The van der Waals surface area contributed by atoms with Crippen LogP contribution in [0.3, 0.4) is 0 Å². The van der Waals surface area contributed by atoms with Gasteiger partial charge >= 0.3 is 0 Å². The lowest BCUT2D eigenvalue weighted by Gasteiger charge is -2.19. The van der Waals surface area contributed by atoms with Crippen LogP contribution in [0.25, 0.3) is 0 Å². The van der Waals surface area contributed by atoms with Gasteiger partial charge < -0.3 is 10.1 Å². The van der Waals surface area contributed by atoms with E-state index >= 15 is 0 Å². The van der Waals surface area contributed by atoms with E-state index in [0.717, 1.165) is 6.42 Å². The van der Waals surface area contributed by atoms with Gasteiger partial charge in [0.1, 0.15) is 21.4 Å². The van der Waals surface area contributed by atoms with Crippen molar-refractivity contribution in [1.82, 2.24) is 5.32 Å². The number of benzene rings is 1. The number of hydrogen-bond acceptors (Lipinski definition) is 4. The molecule has 20 heavy (non-hydrogen) atoms. The highest BCUT2D eigenvalue weighted by molar-refractivity contribution is 7.90.